The second kappa shape index (κ2) is 9.26. The van der Waals surface area contributed by atoms with Gasteiger partial charge in [0.15, 0.2) is 5.82 Å². The Hall–Kier alpha value is -2.51. The number of carbonyl (C=O) groups is 1. The van der Waals surface area contributed by atoms with Crippen molar-refractivity contribution in [3.05, 3.63) is 60.2 Å². The van der Waals surface area contributed by atoms with Gasteiger partial charge in [-0.2, -0.15) is 0 Å². The highest BCUT2D eigenvalue weighted by Gasteiger charge is 2.43. The topological polar surface area (TPSA) is 93.9 Å². The SMILES string of the molecule is O=CO.OC[C@@]1(Cc2ccccc2)CN(c2ccncc2F)CC[C@@H]1O. The molecule has 2 aromatic rings. The van der Waals surface area contributed by atoms with E-state index < -0.39 is 11.5 Å². The van der Waals surface area contributed by atoms with Gasteiger partial charge in [-0.25, -0.2) is 4.39 Å². The van der Waals surface area contributed by atoms with Crippen molar-refractivity contribution in [2.75, 3.05) is 24.6 Å². The molecular formula is C19H23FN2O4. The van der Waals surface area contributed by atoms with Crippen LogP contribution < -0.4 is 4.90 Å². The molecule has 0 spiro atoms. The highest BCUT2D eigenvalue weighted by molar-refractivity contribution is 5.47. The van der Waals surface area contributed by atoms with Crippen molar-refractivity contribution < 1.29 is 24.5 Å². The summed E-state index contributed by atoms with van der Waals surface area (Å²) in [6, 6.07) is 11.4. The third kappa shape index (κ3) is 4.56. The van der Waals surface area contributed by atoms with Gasteiger partial charge < -0.3 is 20.2 Å². The molecule has 0 bridgehead atoms. The van der Waals surface area contributed by atoms with Gasteiger partial charge in [-0.3, -0.25) is 9.78 Å². The van der Waals surface area contributed by atoms with Gasteiger partial charge in [0.25, 0.3) is 6.47 Å². The molecule has 0 amide bonds. The molecule has 1 aliphatic heterocycles. The number of hydrogen-bond donors (Lipinski definition) is 3. The normalized spacial score (nSPS) is 22.3. The molecule has 0 unspecified atom stereocenters. The Balaban J connectivity index is 0.000000758. The summed E-state index contributed by atoms with van der Waals surface area (Å²) < 4.78 is 14.0. The quantitative estimate of drug-likeness (QED) is 0.717. The van der Waals surface area contributed by atoms with Gasteiger partial charge in [0, 0.05) is 24.7 Å². The van der Waals surface area contributed by atoms with Gasteiger partial charge in [-0.15, -0.1) is 0 Å². The van der Waals surface area contributed by atoms with Crippen LogP contribution in [0.5, 0.6) is 0 Å². The van der Waals surface area contributed by atoms with Gasteiger partial charge in [-0.05, 0) is 24.5 Å². The third-order valence-electron chi connectivity index (χ3n) is 4.69. The minimum Gasteiger partial charge on any atom is -0.483 e. The van der Waals surface area contributed by atoms with Crippen molar-refractivity contribution in [2.45, 2.75) is 18.9 Å². The van der Waals surface area contributed by atoms with Gasteiger partial charge in [0.2, 0.25) is 0 Å². The van der Waals surface area contributed by atoms with Gasteiger partial charge >= 0.3 is 0 Å². The summed E-state index contributed by atoms with van der Waals surface area (Å²) in [6.45, 7) is 0.561. The predicted molar refractivity (Wildman–Crippen MR) is 95.4 cm³/mol. The highest BCUT2D eigenvalue weighted by atomic mass is 19.1. The number of benzene rings is 1. The molecule has 0 radical (unpaired) electrons. The van der Waals surface area contributed by atoms with Crippen LogP contribution in [0.1, 0.15) is 12.0 Å². The van der Waals surface area contributed by atoms with Crippen molar-refractivity contribution in [1.29, 1.82) is 0 Å². The Morgan fingerprint density at radius 3 is 2.62 bits per heavy atom. The lowest BCUT2D eigenvalue weighted by atomic mass is 9.73. The van der Waals surface area contributed by atoms with E-state index in [2.05, 4.69) is 4.98 Å². The summed E-state index contributed by atoms with van der Waals surface area (Å²) >= 11 is 0. The number of carboxylic acid groups (broad SMARTS) is 1. The molecular weight excluding hydrogens is 339 g/mol. The zero-order valence-electron chi connectivity index (χ0n) is 14.3. The Morgan fingerprint density at radius 2 is 2.00 bits per heavy atom. The van der Waals surface area contributed by atoms with Crippen molar-refractivity contribution >= 4 is 12.2 Å². The third-order valence-corrected chi connectivity index (χ3v) is 4.69. The van der Waals surface area contributed by atoms with E-state index in [1.807, 2.05) is 35.2 Å². The fraction of sp³-hybridized carbons (Fsp3) is 0.368. The summed E-state index contributed by atoms with van der Waals surface area (Å²) in [5.41, 5.74) is 0.824. The largest absolute Gasteiger partial charge is 0.483 e. The van der Waals surface area contributed by atoms with Crippen molar-refractivity contribution in [2.24, 2.45) is 5.41 Å². The highest BCUT2D eigenvalue weighted by Crippen LogP contribution is 2.36. The van der Waals surface area contributed by atoms with Crippen LogP contribution in [0.15, 0.2) is 48.8 Å². The minimum atomic E-state index is -0.699. The van der Waals surface area contributed by atoms with E-state index in [4.69, 9.17) is 9.90 Å². The van der Waals surface area contributed by atoms with Gasteiger partial charge in [-0.1, -0.05) is 30.3 Å². The van der Waals surface area contributed by atoms with Crippen LogP contribution in [0.25, 0.3) is 0 Å². The number of aromatic nitrogens is 1. The first-order valence-corrected chi connectivity index (χ1v) is 8.31. The molecule has 1 aliphatic rings. The zero-order chi connectivity index (χ0) is 19.0. The molecule has 7 heteroatoms. The van der Waals surface area contributed by atoms with Crippen LogP contribution in [0.3, 0.4) is 0 Å². The lowest BCUT2D eigenvalue weighted by molar-refractivity contribution is -0.122. The molecule has 1 aromatic carbocycles. The second-order valence-electron chi connectivity index (χ2n) is 6.34. The van der Waals surface area contributed by atoms with E-state index >= 15 is 0 Å². The first-order valence-electron chi connectivity index (χ1n) is 8.31. The molecule has 26 heavy (non-hydrogen) atoms. The Bertz CT molecular complexity index is 701. The Kier molecular flexibility index (Phi) is 7.06. The van der Waals surface area contributed by atoms with Crippen LogP contribution in [-0.4, -0.2) is 52.6 Å². The second-order valence-corrected chi connectivity index (χ2v) is 6.34. The number of rotatable bonds is 4. The fourth-order valence-corrected chi connectivity index (χ4v) is 3.37. The van der Waals surface area contributed by atoms with Crippen LogP contribution in [0.2, 0.25) is 0 Å². The first kappa shape index (κ1) is 19.8. The smallest absolute Gasteiger partial charge is 0.290 e. The summed E-state index contributed by atoms with van der Waals surface area (Å²) in [5.74, 6) is -0.379. The molecule has 0 saturated carbocycles. The Labute approximate surface area is 151 Å². The number of halogens is 1. The monoisotopic (exact) mass is 362 g/mol. The molecule has 2 atom stereocenters. The molecule has 3 N–H and O–H groups in total. The van der Waals surface area contributed by atoms with Gasteiger partial charge in [0.1, 0.15) is 0 Å². The maximum absolute atomic E-state index is 14.0. The van der Waals surface area contributed by atoms with Crippen molar-refractivity contribution in [3.63, 3.8) is 0 Å². The molecule has 2 heterocycles. The van der Waals surface area contributed by atoms with E-state index in [0.717, 1.165) is 5.56 Å². The predicted octanol–water partition coefficient (Wildman–Crippen LogP) is 1.71. The number of aliphatic hydroxyl groups excluding tert-OH is 2. The van der Waals surface area contributed by atoms with E-state index in [1.165, 1.54) is 6.20 Å². The summed E-state index contributed by atoms with van der Waals surface area (Å²) in [7, 11) is 0. The molecule has 0 aliphatic carbocycles. The van der Waals surface area contributed by atoms with Crippen LogP contribution in [-0.2, 0) is 11.2 Å². The minimum absolute atomic E-state index is 0.147. The first-order chi connectivity index (χ1) is 12.6. The molecule has 1 aromatic heterocycles. The number of pyridine rings is 1. The maximum atomic E-state index is 14.0. The van der Waals surface area contributed by atoms with Crippen LogP contribution in [0.4, 0.5) is 10.1 Å². The molecule has 1 fully saturated rings. The summed E-state index contributed by atoms with van der Waals surface area (Å²) in [6.07, 6.45) is 3.18. The number of hydrogen-bond acceptors (Lipinski definition) is 5. The lowest BCUT2D eigenvalue weighted by Crippen LogP contribution is -2.55. The molecule has 140 valence electrons. The molecule has 3 rings (SSSR count). The van der Waals surface area contributed by atoms with Crippen LogP contribution in [0, 0.1) is 11.2 Å². The summed E-state index contributed by atoms with van der Waals surface area (Å²) in [5, 5.41) is 27.4. The standard InChI is InChI=1S/C18H21FN2O2.CH2O2/c19-15-11-20-8-6-16(15)21-9-7-17(23)18(12-21,13-22)10-14-4-2-1-3-5-14;2-1-3/h1-6,8,11,17,22-23H,7,9-10,12-13H2;1H,(H,2,3)/t17-,18+;/m0./s1. The molecule has 1 saturated heterocycles. The zero-order valence-corrected chi connectivity index (χ0v) is 14.3. The van der Waals surface area contributed by atoms with E-state index in [9.17, 15) is 14.6 Å². The summed E-state index contributed by atoms with van der Waals surface area (Å²) in [4.78, 5) is 14.0. The van der Waals surface area contributed by atoms with Crippen LogP contribution >= 0.6 is 0 Å². The van der Waals surface area contributed by atoms with E-state index in [-0.39, 0.29) is 18.9 Å². The average molecular weight is 362 g/mol. The van der Waals surface area contributed by atoms with E-state index in [1.54, 1.807) is 12.3 Å². The number of nitrogens with zero attached hydrogens (tertiary/aromatic N) is 2. The number of piperidine rings is 1. The van der Waals surface area contributed by atoms with Gasteiger partial charge in [0.05, 0.1) is 24.6 Å². The lowest BCUT2D eigenvalue weighted by Gasteiger charge is -2.46. The molecule has 6 nitrogen and oxygen atoms in total. The number of anilines is 1. The van der Waals surface area contributed by atoms with E-state index in [0.29, 0.717) is 31.6 Å². The Morgan fingerprint density at radius 1 is 1.31 bits per heavy atom. The van der Waals surface area contributed by atoms with Crippen molar-refractivity contribution in [3.8, 4) is 0 Å². The fourth-order valence-electron chi connectivity index (χ4n) is 3.37. The maximum Gasteiger partial charge on any atom is 0.290 e. The van der Waals surface area contributed by atoms with Crippen molar-refractivity contribution in [1.82, 2.24) is 4.98 Å². The average Bonchev–Trinajstić information content (AvgIpc) is 2.66. The number of aliphatic hydroxyl groups is 2.